The summed E-state index contributed by atoms with van der Waals surface area (Å²) in [4.78, 5) is 16.5. The van der Waals surface area contributed by atoms with E-state index in [0.717, 1.165) is 18.4 Å². The molecule has 0 radical (unpaired) electrons. The van der Waals surface area contributed by atoms with Crippen molar-refractivity contribution < 1.29 is 9.18 Å². The van der Waals surface area contributed by atoms with Crippen LogP contribution in [0.1, 0.15) is 30.0 Å². The average molecular weight is 309 g/mol. The Kier molecular flexibility index (Phi) is 3.89. The molecular formula is C16H18ClFN2O. The van der Waals surface area contributed by atoms with Gasteiger partial charge in [0.25, 0.3) is 11.5 Å². The van der Waals surface area contributed by atoms with Crippen molar-refractivity contribution in [2.75, 3.05) is 13.1 Å². The van der Waals surface area contributed by atoms with Gasteiger partial charge in [-0.15, -0.1) is 0 Å². The summed E-state index contributed by atoms with van der Waals surface area (Å²) in [5, 5.41) is 1.25. The SMILES string of the molecule is Cc1[nH]c2ccccc2c1C1CCN(C(=O)C(F)Cl)CC1. The molecular weight excluding hydrogens is 291 g/mol. The molecule has 1 aromatic heterocycles. The summed E-state index contributed by atoms with van der Waals surface area (Å²) < 4.78 is 12.9. The van der Waals surface area contributed by atoms with Crippen LogP contribution in [0.4, 0.5) is 4.39 Å². The maximum absolute atomic E-state index is 12.9. The molecule has 2 heterocycles. The number of aromatic amines is 1. The van der Waals surface area contributed by atoms with Gasteiger partial charge in [-0.2, -0.15) is 0 Å². The minimum atomic E-state index is -1.92. The highest BCUT2D eigenvalue weighted by molar-refractivity contribution is 6.29. The highest BCUT2D eigenvalue weighted by atomic mass is 35.5. The Hall–Kier alpha value is -1.55. The number of halogens is 2. The third kappa shape index (κ3) is 2.64. The Morgan fingerprint density at radius 1 is 1.38 bits per heavy atom. The van der Waals surface area contributed by atoms with Gasteiger partial charge >= 0.3 is 0 Å². The zero-order valence-electron chi connectivity index (χ0n) is 11.9. The van der Waals surface area contributed by atoms with Crippen LogP contribution >= 0.6 is 11.6 Å². The maximum Gasteiger partial charge on any atom is 0.272 e. The Morgan fingerprint density at radius 3 is 2.71 bits per heavy atom. The fourth-order valence-electron chi connectivity index (χ4n) is 3.35. The topological polar surface area (TPSA) is 36.1 Å². The molecule has 2 aromatic rings. The van der Waals surface area contributed by atoms with Crippen molar-refractivity contribution in [2.45, 2.75) is 31.3 Å². The number of carbonyl (C=O) groups excluding carboxylic acids is 1. The number of nitrogens with zero attached hydrogens (tertiary/aromatic N) is 1. The zero-order valence-corrected chi connectivity index (χ0v) is 12.7. The van der Waals surface area contributed by atoms with Gasteiger partial charge in [-0.25, -0.2) is 4.39 Å². The molecule has 0 saturated carbocycles. The van der Waals surface area contributed by atoms with Crippen LogP contribution in [0.2, 0.25) is 0 Å². The summed E-state index contributed by atoms with van der Waals surface area (Å²) in [6, 6.07) is 8.26. The van der Waals surface area contributed by atoms with Crippen LogP contribution in [0.5, 0.6) is 0 Å². The Morgan fingerprint density at radius 2 is 2.05 bits per heavy atom. The van der Waals surface area contributed by atoms with Gasteiger partial charge in [0.05, 0.1) is 0 Å². The van der Waals surface area contributed by atoms with Gasteiger partial charge in [-0.3, -0.25) is 4.79 Å². The third-order valence-electron chi connectivity index (χ3n) is 4.34. The van der Waals surface area contributed by atoms with E-state index in [9.17, 15) is 9.18 Å². The average Bonchev–Trinajstić information content (AvgIpc) is 2.82. The summed E-state index contributed by atoms with van der Waals surface area (Å²) in [6.07, 6.45) is 1.69. The monoisotopic (exact) mass is 308 g/mol. The molecule has 0 spiro atoms. The predicted octanol–water partition coefficient (Wildman–Crippen LogP) is 3.72. The van der Waals surface area contributed by atoms with Gasteiger partial charge in [0.2, 0.25) is 0 Å². The first-order chi connectivity index (χ1) is 10.1. The molecule has 1 atom stereocenters. The Bertz CT molecular complexity index is 659. The highest BCUT2D eigenvalue weighted by Gasteiger charge is 2.29. The van der Waals surface area contributed by atoms with Crippen LogP contribution < -0.4 is 0 Å². The first-order valence-corrected chi connectivity index (χ1v) is 7.65. The number of aromatic nitrogens is 1. The molecule has 1 aromatic carbocycles. The number of para-hydroxylation sites is 1. The first kappa shape index (κ1) is 14.4. The number of carbonyl (C=O) groups is 1. The summed E-state index contributed by atoms with van der Waals surface area (Å²) >= 11 is 5.24. The molecule has 5 heteroatoms. The molecule has 1 saturated heterocycles. The van der Waals surface area contributed by atoms with Crippen LogP contribution in [-0.4, -0.2) is 34.5 Å². The van der Waals surface area contributed by atoms with Gasteiger partial charge in [0, 0.05) is 29.7 Å². The van der Waals surface area contributed by atoms with Crippen molar-refractivity contribution in [2.24, 2.45) is 0 Å². The molecule has 0 bridgehead atoms. The van der Waals surface area contributed by atoms with Crippen molar-refractivity contribution >= 4 is 28.4 Å². The van der Waals surface area contributed by atoms with E-state index in [1.807, 2.05) is 12.1 Å². The molecule has 3 nitrogen and oxygen atoms in total. The lowest BCUT2D eigenvalue weighted by molar-refractivity contribution is -0.134. The molecule has 112 valence electrons. The minimum Gasteiger partial charge on any atom is -0.358 e. The smallest absolute Gasteiger partial charge is 0.272 e. The second-order valence-electron chi connectivity index (χ2n) is 5.61. The van der Waals surface area contributed by atoms with Crippen LogP contribution in [0, 0.1) is 6.92 Å². The maximum atomic E-state index is 12.9. The molecule has 1 N–H and O–H groups in total. The summed E-state index contributed by atoms with van der Waals surface area (Å²) in [5.41, 5.74) is 1.74. The van der Waals surface area contributed by atoms with E-state index in [2.05, 4.69) is 24.0 Å². The van der Waals surface area contributed by atoms with E-state index in [4.69, 9.17) is 11.6 Å². The van der Waals surface area contributed by atoms with Crippen LogP contribution in [0.25, 0.3) is 10.9 Å². The van der Waals surface area contributed by atoms with E-state index in [1.54, 1.807) is 0 Å². The van der Waals surface area contributed by atoms with E-state index >= 15 is 0 Å². The number of likely N-dealkylation sites (tertiary alicyclic amines) is 1. The number of amides is 1. The van der Waals surface area contributed by atoms with Crippen LogP contribution in [0.15, 0.2) is 24.3 Å². The van der Waals surface area contributed by atoms with Crippen LogP contribution in [0.3, 0.4) is 0 Å². The standard InChI is InChI=1S/C16H18ClFN2O/c1-10-14(12-4-2-3-5-13(12)19-10)11-6-8-20(9-7-11)16(21)15(17)18/h2-5,11,15,19H,6-9H2,1H3. The first-order valence-electron chi connectivity index (χ1n) is 7.22. The number of alkyl halides is 2. The number of H-pyrrole nitrogens is 1. The summed E-state index contributed by atoms with van der Waals surface area (Å²) in [6.45, 7) is 3.22. The predicted molar refractivity (Wildman–Crippen MR) is 82.3 cm³/mol. The number of nitrogens with one attached hydrogen (secondary N) is 1. The van der Waals surface area contributed by atoms with E-state index < -0.39 is 11.5 Å². The van der Waals surface area contributed by atoms with Crippen molar-refractivity contribution in [3.63, 3.8) is 0 Å². The zero-order chi connectivity index (χ0) is 15.0. The second-order valence-corrected chi connectivity index (χ2v) is 5.99. The molecule has 1 amide bonds. The summed E-state index contributed by atoms with van der Waals surface area (Å²) in [5.74, 6) is -0.204. The number of piperidine rings is 1. The lowest BCUT2D eigenvalue weighted by Gasteiger charge is -2.32. The number of rotatable bonds is 2. The van der Waals surface area contributed by atoms with Crippen molar-refractivity contribution in [1.82, 2.24) is 9.88 Å². The Labute approximate surface area is 128 Å². The lowest BCUT2D eigenvalue weighted by atomic mass is 9.87. The normalized spacial score (nSPS) is 18.1. The van der Waals surface area contributed by atoms with E-state index in [0.29, 0.717) is 19.0 Å². The molecule has 1 fully saturated rings. The fraction of sp³-hybridized carbons (Fsp3) is 0.438. The van der Waals surface area contributed by atoms with Crippen LogP contribution in [-0.2, 0) is 4.79 Å². The molecule has 1 unspecified atom stereocenters. The quantitative estimate of drug-likeness (QED) is 0.843. The summed E-state index contributed by atoms with van der Waals surface area (Å²) in [7, 11) is 0. The van der Waals surface area contributed by atoms with Crippen molar-refractivity contribution in [1.29, 1.82) is 0 Å². The van der Waals surface area contributed by atoms with Gasteiger partial charge in [0.15, 0.2) is 0 Å². The fourth-order valence-corrected chi connectivity index (χ4v) is 3.49. The number of fused-ring (bicyclic) bond motifs is 1. The van der Waals surface area contributed by atoms with Crippen molar-refractivity contribution in [3.8, 4) is 0 Å². The van der Waals surface area contributed by atoms with E-state index in [-0.39, 0.29) is 0 Å². The minimum absolute atomic E-state index is 0.401. The van der Waals surface area contributed by atoms with Gasteiger partial charge in [-0.1, -0.05) is 29.8 Å². The Balaban J connectivity index is 1.80. The molecule has 3 rings (SSSR count). The number of hydrogen-bond donors (Lipinski definition) is 1. The lowest BCUT2D eigenvalue weighted by Crippen LogP contribution is -2.40. The third-order valence-corrected chi connectivity index (χ3v) is 4.53. The van der Waals surface area contributed by atoms with Gasteiger partial charge in [0.1, 0.15) is 0 Å². The molecule has 1 aliphatic heterocycles. The number of benzene rings is 1. The molecule has 1 aliphatic rings. The van der Waals surface area contributed by atoms with Crippen molar-refractivity contribution in [3.05, 3.63) is 35.5 Å². The van der Waals surface area contributed by atoms with Gasteiger partial charge in [-0.05, 0) is 37.3 Å². The van der Waals surface area contributed by atoms with E-state index in [1.165, 1.54) is 21.5 Å². The second kappa shape index (κ2) is 5.68. The largest absolute Gasteiger partial charge is 0.358 e. The number of aryl methyl sites for hydroxylation is 1. The highest BCUT2D eigenvalue weighted by Crippen LogP contribution is 2.35. The molecule has 0 aliphatic carbocycles. The molecule has 21 heavy (non-hydrogen) atoms. The van der Waals surface area contributed by atoms with Gasteiger partial charge < -0.3 is 9.88 Å². The number of hydrogen-bond acceptors (Lipinski definition) is 1.